The van der Waals surface area contributed by atoms with Crippen molar-refractivity contribution in [1.82, 2.24) is 15.1 Å². The van der Waals surface area contributed by atoms with Gasteiger partial charge in [0.05, 0.1) is 6.04 Å². The maximum Gasteiger partial charge on any atom is 0.239 e. The van der Waals surface area contributed by atoms with Crippen molar-refractivity contribution in [2.45, 2.75) is 44.2 Å². The number of hydrogen-bond donors (Lipinski definition) is 1. The van der Waals surface area contributed by atoms with Crippen LogP contribution in [0, 0.1) is 5.92 Å². The van der Waals surface area contributed by atoms with Crippen molar-refractivity contribution in [2.75, 3.05) is 39.3 Å². The van der Waals surface area contributed by atoms with E-state index in [0.29, 0.717) is 18.6 Å². The van der Waals surface area contributed by atoms with Crippen molar-refractivity contribution in [1.29, 1.82) is 0 Å². The summed E-state index contributed by atoms with van der Waals surface area (Å²) in [7, 11) is 0. The van der Waals surface area contributed by atoms with Crippen molar-refractivity contribution in [3.63, 3.8) is 0 Å². The summed E-state index contributed by atoms with van der Waals surface area (Å²) in [5.74, 6) is 1.99. The van der Waals surface area contributed by atoms with Crippen LogP contribution in [0.2, 0.25) is 0 Å². The van der Waals surface area contributed by atoms with Crippen molar-refractivity contribution in [3.8, 4) is 5.75 Å². The Kier molecular flexibility index (Phi) is 5.75. The van der Waals surface area contributed by atoms with Crippen LogP contribution in [0.25, 0.3) is 0 Å². The second kappa shape index (κ2) is 8.40. The largest absolute Gasteiger partial charge is 0.492 e. The van der Waals surface area contributed by atoms with Crippen LogP contribution in [0.15, 0.2) is 30.3 Å². The van der Waals surface area contributed by atoms with Gasteiger partial charge in [-0.05, 0) is 37.3 Å². The number of rotatable bonds is 5. The second-order valence-corrected chi connectivity index (χ2v) is 7.93. The molecule has 2 saturated heterocycles. The molecule has 1 aliphatic carbocycles. The lowest BCUT2D eigenvalue weighted by atomic mass is 9.85. The molecule has 2 aliphatic heterocycles. The van der Waals surface area contributed by atoms with Gasteiger partial charge in [-0.1, -0.05) is 31.0 Å². The Morgan fingerprint density at radius 1 is 1.08 bits per heavy atom. The van der Waals surface area contributed by atoms with Crippen LogP contribution in [0.4, 0.5) is 0 Å². The molecule has 1 N–H and O–H groups in total. The fraction of sp³-hybridized carbons (Fsp3) is 0.667. The van der Waals surface area contributed by atoms with Crippen molar-refractivity contribution >= 4 is 5.91 Å². The number of carbonyl (C=O) groups is 1. The number of amides is 1. The second-order valence-electron chi connectivity index (χ2n) is 7.93. The molecule has 5 nitrogen and oxygen atoms in total. The summed E-state index contributed by atoms with van der Waals surface area (Å²) in [4.78, 5) is 17.3. The number of fused-ring (bicyclic) bond motifs is 1. The van der Waals surface area contributed by atoms with Gasteiger partial charge in [0.25, 0.3) is 0 Å². The summed E-state index contributed by atoms with van der Waals surface area (Å²) >= 11 is 0. The summed E-state index contributed by atoms with van der Waals surface area (Å²) in [6, 6.07) is 10.6. The van der Waals surface area contributed by atoms with Crippen LogP contribution in [-0.2, 0) is 4.79 Å². The lowest BCUT2D eigenvalue weighted by Crippen LogP contribution is -2.54. The predicted molar refractivity (Wildman–Crippen MR) is 102 cm³/mol. The molecule has 1 amide bonds. The van der Waals surface area contributed by atoms with E-state index in [9.17, 15) is 4.79 Å². The van der Waals surface area contributed by atoms with E-state index in [1.165, 1.54) is 25.7 Å². The Hall–Kier alpha value is -1.59. The number of ether oxygens (including phenoxy) is 1. The number of benzene rings is 1. The van der Waals surface area contributed by atoms with Gasteiger partial charge in [0, 0.05) is 38.8 Å². The fourth-order valence-electron chi connectivity index (χ4n) is 4.73. The molecular weight excluding hydrogens is 326 g/mol. The normalized spacial score (nSPS) is 29.4. The van der Waals surface area contributed by atoms with Gasteiger partial charge in [0.2, 0.25) is 5.91 Å². The van der Waals surface area contributed by atoms with E-state index in [0.717, 1.165) is 50.8 Å². The molecule has 0 spiro atoms. The zero-order chi connectivity index (χ0) is 17.8. The van der Waals surface area contributed by atoms with Crippen LogP contribution >= 0.6 is 0 Å². The number of carbonyl (C=O) groups excluding carboxylic acids is 1. The minimum atomic E-state index is 0.0658. The molecule has 0 bridgehead atoms. The summed E-state index contributed by atoms with van der Waals surface area (Å²) in [5, 5.41) is 3.63. The SMILES string of the molecule is O=C(C1CC2CCCCC2N1)N1CCN(CCOc2ccccc2)CC1. The molecule has 1 aromatic rings. The lowest BCUT2D eigenvalue weighted by molar-refractivity contribution is -0.135. The van der Waals surface area contributed by atoms with E-state index in [-0.39, 0.29) is 6.04 Å². The van der Waals surface area contributed by atoms with E-state index in [1.807, 2.05) is 30.3 Å². The van der Waals surface area contributed by atoms with Gasteiger partial charge in [0.15, 0.2) is 0 Å². The Balaban J connectivity index is 1.18. The van der Waals surface area contributed by atoms with Gasteiger partial charge in [-0.3, -0.25) is 9.69 Å². The topological polar surface area (TPSA) is 44.8 Å². The summed E-state index contributed by atoms with van der Waals surface area (Å²) < 4.78 is 5.79. The molecule has 5 heteroatoms. The first-order valence-corrected chi connectivity index (χ1v) is 10.2. The highest BCUT2D eigenvalue weighted by molar-refractivity contribution is 5.82. The average molecular weight is 357 g/mol. The van der Waals surface area contributed by atoms with Crippen molar-refractivity contribution in [2.24, 2.45) is 5.92 Å². The minimum Gasteiger partial charge on any atom is -0.492 e. The monoisotopic (exact) mass is 357 g/mol. The van der Waals surface area contributed by atoms with Crippen molar-refractivity contribution in [3.05, 3.63) is 30.3 Å². The van der Waals surface area contributed by atoms with Crippen LogP contribution < -0.4 is 10.1 Å². The van der Waals surface area contributed by atoms with E-state index in [1.54, 1.807) is 0 Å². The quantitative estimate of drug-likeness (QED) is 0.877. The number of piperazine rings is 1. The molecule has 3 unspecified atom stereocenters. The predicted octanol–water partition coefficient (Wildman–Crippen LogP) is 2.13. The molecular formula is C21H31N3O2. The molecule has 2 heterocycles. The van der Waals surface area contributed by atoms with Gasteiger partial charge in [0.1, 0.15) is 12.4 Å². The Morgan fingerprint density at radius 2 is 1.85 bits per heavy atom. The molecule has 4 rings (SSSR count). The minimum absolute atomic E-state index is 0.0658. The molecule has 3 fully saturated rings. The van der Waals surface area contributed by atoms with E-state index >= 15 is 0 Å². The van der Waals surface area contributed by atoms with Gasteiger partial charge in [-0.25, -0.2) is 0 Å². The summed E-state index contributed by atoms with van der Waals surface area (Å²) in [5.41, 5.74) is 0. The average Bonchev–Trinajstić information content (AvgIpc) is 3.13. The molecule has 1 aromatic carbocycles. The zero-order valence-electron chi connectivity index (χ0n) is 15.6. The Morgan fingerprint density at radius 3 is 2.62 bits per heavy atom. The standard InChI is InChI=1S/C21H31N3O2/c25-21(20-16-17-6-4-5-9-19(17)22-20)24-12-10-23(11-13-24)14-15-26-18-7-2-1-3-8-18/h1-3,7-8,17,19-20,22H,4-6,9-16H2. The van der Waals surface area contributed by atoms with Crippen LogP contribution in [0.3, 0.4) is 0 Å². The first-order valence-electron chi connectivity index (χ1n) is 10.2. The molecule has 3 atom stereocenters. The molecule has 0 aromatic heterocycles. The van der Waals surface area contributed by atoms with Gasteiger partial charge < -0.3 is 15.0 Å². The van der Waals surface area contributed by atoms with Crippen LogP contribution in [0.1, 0.15) is 32.1 Å². The molecule has 3 aliphatic rings. The molecule has 26 heavy (non-hydrogen) atoms. The molecule has 0 radical (unpaired) electrons. The highest BCUT2D eigenvalue weighted by Gasteiger charge is 2.40. The van der Waals surface area contributed by atoms with E-state index in [2.05, 4.69) is 15.1 Å². The first-order chi connectivity index (χ1) is 12.8. The van der Waals surface area contributed by atoms with Gasteiger partial charge in [-0.15, -0.1) is 0 Å². The third-order valence-corrected chi connectivity index (χ3v) is 6.26. The highest BCUT2D eigenvalue weighted by Crippen LogP contribution is 2.33. The van der Waals surface area contributed by atoms with E-state index in [4.69, 9.17) is 4.74 Å². The number of nitrogens with one attached hydrogen (secondary N) is 1. The van der Waals surface area contributed by atoms with Gasteiger partial charge in [-0.2, -0.15) is 0 Å². The smallest absolute Gasteiger partial charge is 0.239 e. The maximum atomic E-state index is 12.9. The maximum absolute atomic E-state index is 12.9. The number of hydrogen-bond acceptors (Lipinski definition) is 4. The third-order valence-electron chi connectivity index (χ3n) is 6.26. The Labute approximate surface area is 156 Å². The first kappa shape index (κ1) is 17.8. The zero-order valence-corrected chi connectivity index (χ0v) is 15.6. The number of nitrogens with zero attached hydrogens (tertiary/aromatic N) is 2. The van der Waals surface area contributed by atoms with Crippen molar-refractivity contribution < 1.29 is 9.53 Å². The third kappa shape index (κ3) is 4.21. The molecule has 1 saturated carbocycles. The van der Waals surface area contributed by atoms with Crippen LogP contribution in [0.5, 0.6) is 5.75 Å². The summed E-state index contributed by atoms with van der Waals surface area (Å²) in [6.45, 7) is 5.20. The Bertz CT molecular complexity index is 572. The van der Waals surface area contributed by atoms with Gasteiger partial charge >= 0.3 is 0 Å². The fourth-order valence-corrected chi connectivity index (χ4v) is 4.73. The highest BCUT2D eigenvalue weighted by atomic mass is 16.5. The lowest BCUT2D eigenvalue weighted by Gasteiger charge is -2.36. The molecule has 142 valence electrons. The van der Waals surface area contributed by atoms with Crippen LogP contribution in [-0.4, -0.2) is 67.1 Å². The van der Waals surface area contributed by atoms with E-state index < -0.39 is 0 Å². The number of para-hydroxylation sites is 1. The summed E-state index contributed by atoms with van der Waals surface area (Å²) in [6.07, 6.45) is 6.27.